The molecule has 0 saturated carbocycles. The van der Waals surface area contributed by atoms with Gasteiger partial charge in [0.05, 0.1) is 5.69 Å². The number of nitrogens with zero attached hydrogens (tertiary/aromatic N) is 1. The van der Waals surface area contributed by atoms with Crippen molar-refractivity contribution >= 4 is 23.2 Å². The van der Waals surface area contributed by atoms with Gasteiger partial charge < -0.3 is 15.0 Å². The van der Waals surface area contributed by atoms with E-state index in [9.17, 15) is 9.59 Å². The summed E-state index contributed by atoms with van der Waals surface area (Å²) < 4.78 is 5.49. The highest BCUT2D eigenvalue weighted by atomic mass is 16.5. The van der Waals surface area contributed by atoms with E-state index < -0.39 is 6.10 Å². The molecule has 1 aliphatic heterocycles. The fraction of sp³-hybridized carbons (Fsp3) is 0.176. The van der Waals surface area contributed by atoms with Crippen molar-refractivity contribution in [2.75, 3.05) is 17.3 Å². The summed E-state index contributed by atoms with van der Waals surface area (Å²) in [6.45, 7) is 1.68. The quantitative estimate of drug-likeness (QED) is 0.927. The molecule has 0 bridgehead atoms. The van der Waals surface area contributed by atoms with E-state index >= 15 is 0 Å². The molecule has 0 spiro atoms. The molecular weight excluding hydrogens is 280 g/mol. The second-order valence-electron chi connectivity index (χ2n) is 5.16. The van der Waals surface area contributed by atoms with Gasteiger partial charge in [-0.2, -0.15) is 0 Å². The van der Waals surface area contributed by atoms with E-state index in [0.717, 1.165) is 5.69 Å². The first-order valence-electron chi connectivity index (χ1n) is 7.01. The van der Waals surface area contributed by atoms with E-state index in [2.05, 4.69) is 5.32 Å². The summed E-state index contributed by atoms with van der Waals surface area (Å²) in [5.74, 6) is 0.210. The van der Waals surface area contributed by atoms with E-state index in [0.29, 0.717) is 17.0 Å². The third-order valence-electron chi connectivity index (χ3n) is 3.61. The highest BCUT2D eigenvalue weighted by molar-refractivity contribution is 6.07. The maximum atomic E-state index is 12.5. The van der Waals surface area contributed by atoms with Gasteiger partial charge in [0.1, 0.15) is 5.75 Å². The summed E-state index contributed by atoms with van der Waals surface area (Å²) in [6.07, 6.45) is -0.527. The smallest absolute Gasteiger partial charge is 0.265 e. The minimum absolute atomic E-state index is 0.151. The minimum Gasteiger partial charge on any atom is -0.479 e. The second kappa shape index (κ2) is 5.52. The maximum Gasteiger partial charge on any atom is 0.265 e. The molecule has 5 nitrogen and oxygen atoms in total. The molecule has 0 saturated heterocycles. The monoisotopic (exact) mass is 296 g/mol. The van der Waals surface area contributed by atoms with Gasteiger partial charge in [-0.1, -0.05) is 18.2 Å². The Bertz CT molecular complexity index is 728. The number of anilines is 2. The number of carbonyl (C=O) groups excluding carboxylic acids is 2. The highest BCUT2D eigenvalue weighted by Crippen LogP contribution is 2.31. The van der Waals surface area contributed by atoms with Crippen LogP contribution in [0.15, 0.2) is 48.5 Å². The molecule has 1 heterocycles. The predicted molar refractivity (Wildman–Crippen MR) is 84.3 cm³/mol. The Balaban J connectivity index is 1.88. The van der Waals surface area contributed by atoms with Crippen LogP contribution in [-0.2, 0) is 4.79 Å². The normalized spacial score (nSPS) is 16.3. The molecule has 0 fully saturated rings. The first-order chi connectivity index (χ1) is 10.6. The molecule has 0 aromatic heterocycles. The zero-order chi connectivity index (χ0) is 15.7. The topological polar surface area (TPSA) is 58.6 Å². The lowest BCUT2D eigenvalue weighted by Crippen LogP contribution is -2.34. The van der Waals surface area contributed by atoms with Crippen LogP contribution in [0.2, 0.25) is 0 Å². The number of nitrogens with one attached hydrogen (secondary N) is 1. The number of ether oxygens (including phenoxy) is 1. The number of para-hydroxylation sites is 1. The molecule has 2 aromatic carbocycles. The fourth-order valence-corrected chi connectivity index (χ4v) is 2.30. The van der Waals surface area contributed by atoms with Crippen molar-refractivity contribution < 1.29 is 14.3 Å². The molecule has 3 rings (SSSR count). The van der Waals surface area contributed by atoms with Gasteiger partial charge in [0, 0.05) is 18.3 Å². The van der Waals surface area contributed by atoms with E-state index in [4.69, 9.17) is 4.74 Å². The number of fused-ring (bicyclic) bond motifs is 1. The zero-order valence-corrected chi connectivity index (χ0v) is 12.4. The van der Waals surface area contributed by atoms with Gasteiger partial charge in [0.2, 0.25) is 0 Å². The van der Waals surface area contributed by atoms with Crippen molar-refractivity contribution in [2.24, 2.45) is 0 Å². The van der Waals surface area contributed by atoms with Crippen LogP contribution in [0.4, 0.5) is 11.4 Å². The van der Waals surface area contributed by atoms with Crippen LogP contribution in [0, 0.1) is 0 Å². The lowest BCUT2D eigenvalue weighted by molar-refractivity contribution is -0.122. The van der Waals surface area contributed by atoms with Crippen molar-refractivity contribution in [1.82, 2.24) is 0 Å². The Hall–Kier alpha value is -2.82. The molecule has 0 radical (unpaired) electrons. The minimum atomic E-state index is -0.527. The summed E-state index contributed by atoms with van der Waals surface area (Å²) in [4.78, 5) is 25.8. The Morgan fingerprint density at radius 3 is 2.64 bits per heavy atom. The molecule has 2 aromatic rings. The molecule has 1 unspecified atom stereocenters. The number of carbonyl (C=O) groups is 2. The van der Waals surface area contributed by atoms with E-state index in [1.165, 1.54) is 0 Å². The first-order valence-corrected chi connectivity index (χ1v) is 7.01. The van der Waals surface area contributed by atoms with Crippen LogP contribution in [0.25, 0.3) is 0 Å². The SMILES string of the molecule is CC1Oc2ccc(C(=O)N(C)c3ccccc3)cc2NC1=O. The Morgan fingerprint density at radius 2 is 1.91 bits per heavy atom. The number of rotatable bonds is 2. The molecule has 1 N–H and O–H groups in total. The lowest BCUT2D eigenvalue weighted by atomic mass is 10.1. The molecule has 1 aliphatic rings. The van der Waals surface area contributed by atoms with Crippen LogP contribution in [0.1, 0.15) is 17.3 Å². The van der Waals surface area contributed by atoms with Crippen LogP contribution >= 0.6 is 0 Å². The molecule has 112 valence electrons. The second-order valence-corrected chi connectivity index (χ2v) is 5.16. The summed E-state index contributed by atoms with van der Waals surface area (Å²) in [6, 6.07) is 14.4. The molecule has 22 heavy (non-hydrogen) atoms. The fourth-order valence-electron chi connectivity index (χ4n) is 2.30. The van der Waals surface area contributed by atoms with Crippen LogP contribution in [0.3, 0.4) is 0 Å². The van der Waals surface area contributed by atoms with Gasteiger partial charge in [-0.15, -0.1) is 0 Å². The van der Waals surface area contributed by atoms with Gasteiger partial charge in [-0.3, -0.25) is 9.59 Å². The average molecular weight is 296 g/mol. The van der Waals surface area contributed by atoms with Crippen molar-refractivity contribution in [1.29, 1.82) is 0 Å². The highest BCUT2D eigenvalue weighted by Gasteiger charge is 2.25. The predicted octanol–water partition coefficient (Wildman–Crippen LogP) is 2.68. The van der Waals surface area contributed by atoms with Crippen LogP contribution < -0.4 is 15.0 Å². The Labute approximate surface area is 128 Å². The van der Waals surface area contributed by atoms with Crippen molar-refractivity contribution in [2.45, 2.75) is 13.0 Å². The van der Waals surface area contributed by atoms with E-state index in [-0.39, 0.29) is 11.8 Å². The standard InChI is InChI=1S/C17H16N2O3/c1-11-16(20)18-14-10-12(8-9-15(14)22-11)17(21)19(2)13-6-4-3-5-7-13/h3-11H,1-2H3,(H,18,20). The van der Waals surface area contributed by atoms with Crippen LogP contribution in [0.5, 0.6) is 5.75 Å². The van der Waals surface area contributed by atoms with Gasteiger partial charge >= 0.3 is 0 Å². The van der Waals surface area contributed by atoms with Crippen LogP contribution in [-0.4, -0.2) is 25.0 Å². The summed E-state index contributed by atoms with van der Waals surface area (Å²) in [7, 11) is 1.72. The third-order valence-corrected chi connectivity index (χ3v) is 3.61. The third kappa shape index (κ3) is 2.53. The number of benzene rings is 2. The van der Waals surface area contributed by atoms with E-state index in [1.54, 1.807) is 37.1 Å². The van der Waals surface area contributed by atoms with Crippen molar-refractivity contribution in [3.8, 4) is 5.75 Å². The number of hydrogen-bond donors (Lipinski definition) is 1. The van der Waals surface area contributed by atoms with Gasteiger partial charge in [0.25, 0.3) is 11.8 Å². The Kier molecular flexibility index (Phi) is 3.55. The average Bonchev–Trinajstić information content (AvgIpc) is 2.55. The summed E-state index contributed by atoms with van der Waals surface area (Å²) >= 11 is 0. The van der Waals surface area contributed by atoms with Gasteiger partial charge in [0.15, 0.2) is 6.10 Å². The first kappa shape index (κ1) is 14.1. The number of hydrogen-bond acceptors (Lipinski definition) is 3. The van der Waals surface area contributed by atoms with Gasteiger partial charge in [-0.05, 0) is 37.3 Å². The summed E-state index contributed by atoms with van der Waals surface area (Å²) in [5, 5.41) is 2.75. The maximum absolute atomic E-state index is 12.5. The summed E-state index contributed by atoms with van der Waals surface area (Å²) in [5.41, 5.74) is 1.82. The zero-order valence-electron chi connectivity index (χ0n) is 12.4. The Morgan fingerprint density at radius 1 is 1.18 bits per heavy atom. The molecular formula is C17H16N2O3. The van der Waals surface area contributed by atoms with E-state index in [1.807, 2.05) is 30.3 Å². The van der Waals surface area contributed by atoms with Crippen molar-refractivity contribution in [3.63, 3.8) is 0 Å². The largest absolute Gasteiger partial charge is 0.479 e. The lowest BCUT2D eigenvalue weighted by Gasteiger charge is -2.24. The van der Waals surface area contributed by atoms with Gasteiger partial charge in [-0.25, -0.2) is 0 Å². The molecule has 5 heteroatoms. The molecule has 0 aliphatic carbocycles. The van der Waals surface area contributed by atoms with Crippen molar-refractivity contribution in [3.05, 3.63) is 54.1 Å². The molecule has 2 amide bonds. The number of amides is 2. The molecule has 1 atom stereocenters.